The van der Waals surface area contributed by atoms with Crippen molar-refractivity contribution in [1.82, 2.24) is 4.90 Å². The number of hydrogen-bond donors (Lipinski definition) is 1. The van der Waals surface area contributed by atoms with Gasteiger partial charge in [0.05, 0.1) is 17.0 Å². The van der Waals surface area contributed by atoms with E-state index >= 15 is 0 Å². The summed E-state index contributed by atoms with van der Waals surface area (Å²) in [6, 6.07) is 16.8. The predicted octanol–water partition coefficient (Wildman–Crippen LogP) is 3.05. The van der Waals surface area contributed by atoms with E-state index < -0.39 is 6.10 Å². The molecule has 2 aromatic carbocycles. The van der Waals surface area contributed by atoms with Gasteiger partial charge >= 0.3 is 0 Å². The Hall–Kier alpha value is -3.15. The summed E-state index contributed by atoms with van der Waals surface area (Å²) in [5.74, 6) is -0.344. The molecule has 2 aromatic rings. The lowest BCUT2D eigenvalue weighted by molar-refractivity contribution is -0.125. The van der Waals surface area contributed by atoms with Crippen molar-refractivity contribution < 1.29 is 14.4 Å². The number of anilines is 1. The highest BCUT2D eigenvalue weighted by atomic mass is 16.6. The Morgan fingerprint density at radius 3 is 2.48 bits per heavy atom. The van der Waals surface area contributed by atoms with Crippen LogP contribution in [0.4, 0.5) is 5.69 Å². The third-order valence-corrected chi connectivity index (χ3v) is 4.88. The molecule has 2 aliphatic heterocycles. The second-order valence-corrected chi connectivity index (χ2v) is 6.74. The van der Waals surface area contributed by atoms with E-state index in [4.69, 9.17) is 4.84 Å². The molecule has 6 nitrogen and oxygen atoms in total. The van der Waals surface area contributed by atoms with E-state index in [2.05, 4.69) is 10.5 Å². The van der Waals surface area contributed by atoms with Crippen molar-refractivity contribution in [3.63, 3.8) is 0 Å². The molecule has 138 valence electrons. The van der Waals surface area contributed by atoms with Crippen molar-refractivity contribution in [3.05, 3.63) is 65.7 Å². The normalized spacial score (nSPS) is 18.7. The third kappa shape index (κ3) is 3.69. The second-order valence-electron chi connectivity index (χ2n) is 6.74. The van der Waals surface area contributed by atoms with Crippen LogP contribution in [0.3, 0.4) is 0 Å². The first-order valence-electron chi connectivity index (χ1n) is 9.19. The summed E-state index contributed by atoms with van der Waals surface area (Å²) < 4.78 is 0. The highest BCUT2D eigenvalue weighted by molar-refractivity contribution is 6.08. The lowest BCUT2D eigenvalue weighted by Gasteiger charge is -2.18. The van der Waals surface area contributed by atoms with Crippen LogP contribution in [0.15, 0.2) is 59.8 Å². The van der Waals surface area contributed by atoms with E-state index in [1.54, 1.807) is 18.2 Å². The van der Waals surface area contributed by atoms with E-state index in [9.17, 15) is 9.59 Å². The molecule has 27 heavy (non-hydrogen) atoms. The molecular formula is C21H21N3O3. The average molecular weight is 363 g/mol. The van der Waals surface area contributed by atoms with E-state index in [-0.39, 0.29) is 11.8 Å². The van der Waals surface area contributed by atoms with Crippen molar-refractivity contribution in [2.45, 2.75) is 25.4 Å². The molecule has 0 bridgehead atoms. The summed E-state index contributed by atoms with van der Waals surface area (Å²) in [5.41, 5.74) is 2.71. The van der Waals surface area contributed by atoms with Gasteiger partial charge in [-0.25, -0.2) is 0 Å². The van der Waals surface area contributed by atoms with Gasteiger partial charge in [-0.05, 0) is 30.5 Å². The smallest absolute Gasteiger partial charge is 0.268 e. The number of nitrogens with zero attached hydrogens (tertiary/aromatic N) is 2. The minimum absolute atomic E-state index is 0.0445. The van der Waals surface area contributed by atoms with Crippen LogP contribution in [0, 0.1) is 0 Å². The number of likely N-dealkylation sites (tertiary alicyclic amines) is 1. The average Bonchev–Trinajstić information content (AvgIpc) is 3.41. The van der Waals surface area contributed by atoms with Crippen molar-refractivity contribution in [1.29, 1.82) is 0 Å². The standard InChI is InChI=1S/C21H21N3O3/c25-20(19-14-18(23-27-19)15-8-2-1-3-9-15)22-17-11-5-4-10-16(17)21(26)24-12-6-7-13-24/h1-5,8-11,19H,6-7,12-14H2,(H,22,25). The van der Waals surface area contributed by atoms with Crippen LogP contribution in [0.25, 0.3) is 0 Å². The monoisotopic (exact) mass is 363 g/mol. The molecule has 0 aromatic heterocycles. The molecule has 0 aliphatic carbocycles. The van der Waals surface area contributed by atoms with Crippen molar-refractivity contribution in [2.24, 2.45) is 5.16 Å². The van der Waals surface area contributed by atoms with Crippen molar-refractivity contribution >= 4 is 23.2 Å². The molecule has 1 N–H and O–H groups in total. The molecular weight excluding hydrogens is 342 g/mol. The molecule has 0 saturated carbocycles. The Balaban J connectivity index is 1.44. The molecule has 2 amide bonds. The Kier molecular flexibility index (Phi) is 4.87. The number of para-hydroxylation sites is 1. The summed E-state index contributed by atoms with van der Waals surface area (Å²) in [5, 5.41) is 6.90. The first-order chi connectivity index (χ1) is 13.2. The van der Waals surface area contributed by atoms with Gasteiger partial charge in [0.15, 0.2) is 0 Å². The molecule has 2 heterocycles. The number of oxime groups is 1. The van der Waals surface area contributed by atoms with Gasteiger partial charge in [-0.3, -0.25) is 9.59 Å². The first kappa shape index (κ1) is 17.3. The van der Waals surface area contributed by atoms with Crippen LogP contribution in [0.1, 0.15) is 35.2 Å². The van der Waals surface area contributed by atoms with Gasteiger partial charge in [-0.1, -0.05) is 47.6 Å². The quantitative estimate of drug-likeness (QED) is 0.908. The highest BCUT2D eigenvalue weighted by Crippen LogP contribution is 2.22. The molecule has 4 rings (SSSR count). The topological polar surface area (TPSA) is 71.0 Å². The lowest BCUT2D eigenvalue weighted by Crippen LogP contribution is -2.31. The Morgan fingerprint density at radius 1 is 1.00 bits per heavy atom. The van der Waals surface area contributed by atoms with Gasteiger partial charge < -0.3 is 15.1 Å². The van der Waals surface area contributed by atoms with Crippen LogP contribution in [0.5, 0.6) is 0 Å². The number of amides is 2. The minimum atomic E-state index is -0.699. The summed E-state index contributed by atoms with van der Waals surface area (Å²) in [6.07, 6.45) is 1.75. The fourth-order valence-corrected chi connectivity index (χ4v) is 3.40. The van der Waals surface area contributed by atoms with E-state index in [0.29, 0.717) is 17.7 Å². The Labute approximate surface area is 157 Å². The maximum Gasteiger partial charge on any atom is 0.268 e. The summed E-state index contributed by atoms with van der Waals surface area (Å²) in [6.45, 7) is 1.53. The zero-order chi connectivity index (χ0) is 18.6. The number of benzene rings is 2. The van der Waals surface area contributed by atoms with Crippen molar-refractivity contribution in [3.8, 4) is 0 Å². The van der Waals surface area contributed by atoms with E-state index in [1.807, 2.05) is 41.3 Å². The summed E-state index contributed by atoms with van der Waals surface area (Å²) in [4.78, 5) is 32.5. The molecule has 1 atom stereocenters. The van der Waals surface area contributed by atoms with Gasteiger partial charge in [-0.15, -0.1) is 0 Å². The van der Waals surface area contributed by atoms with Crippen LogP contribution in [-0.4, -0.2) is 41.6 Å². The maximum absolute atomic E-state index is 12.7. The van der Waals surface area contributed by atoms with Gasteiger partial charge in [0.2, 0.25) is 6.10 Å². The molecule has 1 unspecified atom stereocenters. The first-order valence-corrected chi connectivity index (χ1v) is 9.19. The van der Waals surface area contributed by atoms with Crippen LogP contribution in [0.2, 0.25) is 0 Å². The SMILES string of the molecule is O=C(Nc1ccccc1C(=O)N1CCCC1)C1CC(c2ccccc2)=NO1. The van der Waals surface area contributed by atoms with Crippen LogP contribution in [-0.2, 0) is 9.63 Å². The number of carbonyl (C=O) groups is 2. The second kappa shape index (κ2) is 7.61. The fraction of sp³-hybridized carbons (Fsp3) is 0.286. The molecule has 1 saturated heterocycles. The highest BCUT2D eigenvalue weighted by Gasteiger charge is 2.30. The lowest BCUT2D eigenvalue weighted by atomic mass is 10.0. The third-order valence-electron chi connectivity index (χ3n) is 4.88. The maximum atomic E-state index is 12.7. The van der Waals surface area contributed by atoms with Gasteiger partial charge in [0.25, 0.3) is 11.8 Å². The number of carbonyl (C=O) groups excluding carboxylic acids is 2. The zero-order valence-electron chi connectivity index (χ0n) is 14.9. The largest absolute Gasteiger partial charge is 0.382 e. The van der Waals surface area contributed by atoms with Gasteiger partial charge in [-0.2, -0.15) is 0 Å². The van der Waals surface area contributed by atoms with Gasteiger partial charge in [0, 0.05) is 19.5 Å². The molecule has 1 fully saturated rings. The predicted molar refractivity (Wildman–Crippen MR) is 103 cm³/mol. The summed E-state index contributed by atoms with van der Waals surface area (Å²) >= 11 is 0. The Morgan fingerprint density at radius 2 is 1.70 bits per heavy atom. The number of nitrogens with one attached hydrogen (secondary N) is 1. The van der Waals surface area contributed by atoms with Crippen LogP contribution < -0.4 is 5.32 Å². The number of rotatable bonds is 4. The van der Waals surface area contributed by atoms with E-state index in [1.165, 1.54) is 0 Å². The van der Waals surface area contributed by atoms with Crippen LogP contribution >= 0.6 is 0 Å². The summed E-state index contributed by atoms with van der Waals surface area (Å²) in [7, 11) is 0. The molecule has 0 radical (unpaired) electrons. The molecule has 6 heteroatoms. The zero-order valence-corrected chi connectivity index (χ0v) is 14.9. The Bertz CT molecular complexity index is 873. The number of hydrogen-bond acceptors (Lipinski definition) is 4. The van der Waals surface area contributed by atoms with Crippen molar-refractivity contribution in [2.75, 3.05) is 18.4 Å². The fourth-order valence-electron chi connectivity index (χ4n) is 3.40. The minimum Gasteiger partial charge on any atom is -0.382 e. The molecule has 0 spiro atoms. The van der Waals surface area contributed by atoms with E-state index in [0.717, 1.165) is 37.2 Å². The van der Waals surface area contributed by atoms with Gasteiger partial charge in [0.1, 0.15) is 0 Å². The molecule has 2 aliphatic rings.